The van der Waals surface area contributed by atoms with Gasteiger partial charge in [-0.15, -0.1) is 5.10 Å². The van der Waals surface area contributed by atoms with E-state index in [0.29, 0.717) is 10.7 Å². The highest BCUT2D eigenvalue weighted by Gasteiger charge is 2.47. The highest BCUT2D eigenvalue weighted by Crippen LogP contribution is 2.48. The molecule has 168 valence electrons. The van der Waals surface area contributed by atoms with Gasteiger partial charge in [0.05, 0.1) is 29.4 Å². The van der Waals surface area contributed by atoms with Crippen LogP contribution in [0.3, 0.4) is 0 Å². The second-order valence-corrected chi connectivity index (χ2v) is 9.23. The minimum Gasteiger partial charge on any atom is -0.383 e. The van der Waals surface area contributed by atoms with Crippen LogP contribution in [0.5, 0.6) is 0 Å². The molecule has 0 saturated carbocycles. The molecule has 4 N–H and O–H groups in total. The maximum absolute atomic E-state index is 13.2. The second kappa shape index (κ2) is 7.62. The Morgan fingerprint density at radius 1 is 1.12 bits per heavy atom. The average molecular weight is 463 g/mol. The molecule has 0 aromatic carbocycles. The summed E-state index contributed by atoms with van der Waals surface area (Å²) in [6.45, 7) is 2.27. The molecule has 2 aliphatic rings. The lowest BCUT2D eigenvalue weighted by molar-refractivity contribution is -0.143. The van der Waals surface area contributed by atoms with Crippen molar-refractivity contribution in [1.29, 1.82) is 0 Å². The van der Waals surface area contributed by atoms with E-state index in [1.54, 1.807) is 18.3 Å². The first-order valence-corrected chi connectivity index (χ1v) is 10.9. The lowest BCUT2D eigenvalue weighted by atomic mass is 9.74. The predicted molar refractivity (Wildman–Crippen MR) is 113 cm³/mol. The summed E-state index contributed by atoms with van der Waals surface area (Å²) in [6, 6.07) is 6.25. The molecule has 0 unspecified atom stereocenters. The van der Waals surface area contributed by atoms with Crippen molar-refractivity contribution in [3.05, 3.63) is 48.0 Å². The monoisotopic (exact) mass is 462 g/mol. The highest BCUT2D eigenvalue weighted by atomic mass is 32.2. The lowest BCUT2D eigenvalue weighted by Crippen LogP contribution is -2.45. The summed E-state index contributed by atoms with van der Waals surface area (Å²) in [4.78, 5) is 10.5. The van der Waals surface area contributed by atoms with E-state index in [2.05, 4.69) is 25.2 Å². The molecule has 1 atom stereocenters. The molecular weight excluding hydrogens is 441 g/mol. The van der Waals surface area contributed by atoms with Crippen LogP contribution in [0.4, 0.5) is 24.8 Å². The first-order chi connectivity index (χ1) is 15.3. The van der Waals surface area contributed by atoms with Crippen LogP contribution in [-0.2, 0) is 12.7 Å². The van der Waals surface area contributed by atoms with Gasteiger partial charge in [0.15, 0.2) is 5.69 Å². The SMILES string of the molecule is Nc1nc(N2CCC3(CC2)Cn2nncc2[C@H]3N)ccc1Sc1cccnc1C(F)(F)F. The Hall–Kier alpha value is -2.86. The Balaban J connectivity index is 1.30. The molecule has 3 aromatic rings. The van der Waals surface area contributed by atoms with Gasteiger partial charge in [-0.25, -0.2) is 9.67 Å². The Morgan fingerprint density at radius 2 is 1.91 bits per heavy atom. The highest BCUT2D eigenvalue weighted by molar-refractivity contribution is 7.99. The van der Waals surface area contributed by atoms with Gasteiger partial charge in [0, 0.05) is 29.6 Å². The summed E-state index contributed by atoms with van der Waals surface area (Å²) in [6.07, 6.45) is 0.0704. The van der Waals surface area contributed by atoms with E-state index in [9.17, 15) is 13.2 Å². The minimum absolute atomic E-state index is 0.0108. The van der Waals surface area contributed by atoms with Crippen LogP contribution in [-0.4, -0.2) is 38.1 Å². The number of piperidine rings is 1. The molecule has 1 spiro atoms. The molecule has 5 heterocycles. The van der Waals surface area contributed by atoms with Gasteiger partial charge in [-0.2, -0.15) is 13.2 Å². The van der Waals surface area contributed by atoms with E-state index in [1.807, 2.05) is 4.68 Å². The first-order valence-electron chi connectivity index (χ1n) is 10.1. The number of rotatable bonds is 3. The number of hydrogen-bond acceptors (Lipinski definition) is 8. The Bertz CT molecular complexity index is 1140. The van der Waals surface area contributed by atoms with Crippen molar-refractivity contribution in [3.8, 4) is 0 Å². The average Bonchev–Trinajstić information content (AvgIpc) is 3.31. The molecule has 8 nitrogen and oxygen atoms in total. The second-order valence-electron chi connectivity index (χ2n) is 8.15. The summed E-state index contributed by atoms with van der Waals surface area (Å²) in [5.41, 5.74) is 12.6. The van der Waals surface area contributed by atoms with Crippen LogP contribution in [0.1, 0.15) is 30.3 Å². The van der Waals surface area contributed by atoms with E-state index in [4.69, 9.17) is 11.5 Å². The number of aromatic nitrogens is 5. The number of halogens is 3. The predicted octanol–water partition coefficient (Wildman–Crippen LogP) is 3.12. The van der Waals surface area contributed by atoms with Crippen molar-refractivity contribution in [3.63, 3.8) is 0 Å². The standard InChI is InChI=1S/C20H21F3N8S/c21-20(22,23)17-13(2-1-7-26-17)32-14-3-4-15(28-18(14)25)30-8-5-19(6-9-30)11-31-12(16(19)24)10-27-29-31/h1-4,7,10,16H,5-6,8-9,11,24H2,(H2,25,28)/t16-/m1/s1. The molecule has 0 bridgehead atoms. The third-order valence-electron chi connectivity index (χ3n) is 6.30. The van der Waals surface area contributed by atoms with Crippen molar-refractivity contribution in [1.82, 2.24) is 25.0 Å². The van der Waals surface area contributed by atoms with E-state index < -0.39 is 11.9 Å². The molecule has 12 heteroatoms. The summed E-state index contributed by atoms with van der Waals surface area (Å²) >= 11 is 0.912. The number of anilines is 2. The molecule has 3 aromatic heterocycles. The fourth-order valence-electron chi connectivity index (χ4n) is 4.51. The van der Waals surface area contributed by atoms with Crippen LogP contribution in [0.25, 0.3) is 0 Å². The van der Waals surface area contributed by atoms with Crippen LogP contribution in [0.15, 0.2) is 46.5 Å². The van der Waals surface area contributed by atoms with Crippen LogP contribution in [0, 0.1) is 5.41 Å². The third kappa shape index (κ3) is 3.56. The van der Waals surface area contributed by atoms with Gasteiger partial charge < -0.3 is 16.4 Å². The van der Waals surface area contributed by atoms with Gasteiger partial charge in [-0.1, -0.05) is 17.0 Å². The Morgan fingerprint density at radius 3 is 2.59 bits per heavy atom. The summed E-state index contributed by atoms with van der Waals surface area (Å²) in [5.74, 6) is 0.892. The van der Waals surface area contributed by atoms with Gasteiger partial charge in [0.2, 0.25) is 0 Å². The molecule has 2 aliphatic heterocycles. The van der Waals surface area contributed by atoms with E-state index in [0.717, 1.165) is 56.1 Å². The zero-order valence-corrected chi connectivity index (χ0v) is 17.8. The largest absolute Gasteiger partial charge is 0.434 e. The first kappa shape index (κ1) is 21.0. The number of nitrogens with two attached hydrogens (primary N) is 2. The van der Waals surface area contributed by atoms with Crippen molar-refractivity contribution >= 4 is 23.4 Å². The number of nitrogen functional groups attached to an aromatic ring is 1. The van der Waals surface area contributed by atoms with Gasteiger partial charge >= 0.3 is 6.18 Å². The molecular formula is C20H21F3N8S. The smallest absolute Gasteiger partial charge is 0.383 e. The normalized spacial score (nSPS) is 20.0. The molecule has 5 rings (SSSR count). The summed E-state index contributed by atoms with van der Waals surface area (Å²) < 4.78 is 41.6. The third-order valence-corrected chi connectivity index (χ3v) is 7.42. The Labute approximate surface area is 186 Å². The Kier molecular flexibility index (Phi) is 5.01. The zero-order chi connectivity index (χ0) is 22.5. The molecule has 0 aliphatic carbocycles. The van der Waals surface area contributed by atoms with Crippen LogP contribution >= 0.6 is 11.8 Å². The topological polar surface area (TPSA) is 112 Å². The van der Waals surface area contributed by atoms with Gasteiger partial charge in [-0.05, 0) is 37.1 Å². The molecule has 32 heavy (non-hydrogen) atoms. The van der Waals surface area contributed by atoms with Crippen LogP contribution in [0.2, 0.25) is 0 Å². The lowest BCUT2D eigenvalue weighted by Gasteiger charge is -2.41. The fraction of sp³-hybridized carbons (Fsp3) is 0.400. The molecule has 0 radical (unpaired) electrons. The van der Waals surface area contributed by atoms with E-state index >= 15 is 0 Å². The number of nitrogens with zero attached hydrogens (tertiary/aromatic N) is 6. The van der Waals surface area contributed by atoms with Gasteiger partial charge in [0.25, 0.3) is 0 Å². The summed E-state index contributed by atoms with van der Waals surface area (Å²) in [7, 11) is 0. The zero-order valence-electron chi connectivity index (χ0n) is 17.0. The maximum atomic E-state index is 13.2. The van der Waals surface area contributed by atoms with Crippen molar-refractivity contribution in [2.45, 2.75) is 41.4 Å². The maximum Gasteiger partial charge on any atom is 0.434 e. The number of hydrogen-bond donors (Lipinski definition) is 2. The molecule has 1 saturated heterocycles. The van der Waals surface area contributed by atoms with Crippen molar-refractivity contribution < 1.29 is 13.2 Å². The minimum atomic E-state index is -4.54. The van der Waals surface area contributed by atoms with Crippen molar-refractivity contribution in [2.24, 2.45) is 11.1 Å². The number of fused-ring (bicyclic) bond motifs is 1. The van der Waals surface area contributed by atoms with E-state index in [-0.39, 0.29) is 22.2 Å². The van der Waals surface area contributed by atoms with Crippen LogP contribution < -0.4 is 16.4 Å². The molecule has 0 amide bonds. The number of alkyl halides is 3. The van der Waals surface area contributed by atoms with E-state index in [1.165, 1.54) is 12.1 Å². The summed E-state index contributed by atoms with van der Waals surface area (Å²) in [5, 5.41) is 8.05. The van der Waals surface area contributed by atoms with Crippen molar-refractivity contribution in [2.75, 3.05) is 23.7 Å². The fourth-order valence-corrected chi connectivity index (χ4v) is 5.44. The molecule has 1 fully saturated rings. The van der Waals surface area contributed by atoms with Gasteiger partial charge in [0.1, 0.15) is 11.6 Å². The number of pyridine rings is 2. The quantitative estimate of drug-likeness (QED) is 0.611. The van der Waals surface area contributed by atoms with Gasteiger partial charge in [-0.3, -0.25) is 4.98 Å².